The fraction of sp³-hybridized carbons (Fsp3) is 0.300. The van der Waals surface area contributed by atoms with Crippen molar-refractivity contribution in [2.45, 2.75) is 23.3 Å². The first kappa shape index (κ1) is 20.8. The number of Topliss-reactive ketones (excluding diaryl/α,β-unsaturated/α-hetero) is 1. The van der Waals surface area contributed by atoms with Crippen LogP contribution in [-0.2, 0) is 14.8 Å². The number of fused-ring (bicyclic) bond motifs is 1. The Bertz CT molecular complexity index is 1140. The minimum atomic E-state index is -4.04. The fourth-order valence-electron chi connectivity index (χ4n) is 3.72. The van der Waals surface area contributed by atoms with Crippen LogP contribution in [0.25, 0.3) is 0 Å². The molecule has 4 rings (SSSR count). The highest BCUT2D eigenvalue weighted by atomic mass is 35.5. The molecule has 10 heteroatoms. The van der Waals surface area contributed by atoms with E-state index in [1.54, 1.807) is 24.3 Å². The average Bonchev–Trinajstić information content (AvgIpc) is 3.11. The van der Waals surface area contributed by atoms with Gasteiger partial charge in [0.25, 0.3) is 0 Å². The third kappa shape index (κ3) is 3.92. The molecule has 30 heavy (non-hydrogen) atoms. The lowest BCUT2D eigenvalue weighted by molar-refractivity contribution is -0.129. The predicted molar refractivity (Wildman–Crippen MR) is 107 cm³/mol. The van der Waals surface area contributed by atoms with Gasteiger partial charge in [-0.15, -0.1) is 0 Å². The monoisotopic (exact) mass is 452 g/mol. The molecule has 1 saturated heterocycles. The fourth-order valence-corrected chi connectivity index (χ4v) is 4.97. The number of ketones is 1. The summed E-state index contributed by atoms with van der Waals surface area (Å²) in [5.41, 5.74) is -0.275. The Morgan fingerprint density at radius 2 is 2.03 bits per heavy atom. The van der Waals surface area contributed by atoms with Gasteiger partial charge < -0.3 is 9.64 Å². The first-order valence-corrected chi connectivity index (χ1v) is 11.1. The molecule has 0 radical (unpaired) electrons. The van der Waals surface area contributed by atoms with Crippen LogP contribution in [-0.4, -0.2) is 50.2 Å². The van der Waals surface area contributed by atoms with Gasteiger partial charge in [0.05, 0.1) is 35.0 Å². The summed E-state index contributed by atoms with van der Waals surface area (Å²) in [5, 5.41) is -0.329. The van der Waals surface area contributed by atoms with Gasteiger partial charge >= 0.3 is 0 Å². The Morgan fingerprint density at radius 3 is 2.80 bits per heavy atom. The second kappa shape index (κ2) is 7.64. The molecule has 0 aliphatic carbocycles. The predicted octanol–water partition coefficient (Wildman–Crippen LogP) is 2.39. The highest BCUT2D eigenvalue weighted by Gasteiger charge is 2.46. The Labute approximate surface area is 177 Å². The summed E-state index contributed by atoms with van der Waals surface area (Å²) in [4.78, 5) is 26.3. The molecule has 0 aromatic heterocycles. The van der Waals surface area contributed by atoms with Crippen molar-refractivity contribution in [3.8, 4) is 5.75 Å². The van der Waals surface area contributed by atoms with E-state index in [0.717, 1.165) is 18.2 Å². The summed E-state index contributed by atoms with van der Waals surface area (Å²) in [6.45, 7) is 0.0618. The number of hydrogen-bond acceptors (Lipinski definition) is 5. The molecule has 1 atom stereocenters. The summed E-state index contributed by atoms with van der Waals surface area (Å²) >= 11 is 5.63. The number of para-hydroxylation sites is 1. The van der Waals surface area contributed by atoms with Gasteiger partial charge in [0.1, 0.15) is 17.2 Å². The maximum absolute atomic E-state index is 13.3. The smallest absolute Gasteiger partial charge is 0.241 e. The average molecular weight is 453 g/mol. The largest absolute Gasteiger partial charge is 0.484 e. The van der Waals surface area contributed by atoms with Crippen molar-refractivity contribution in [3.63, 3.8) is 0 Å². The van der Waals surface area contributed by atoms with E-state index in [0.29, 0.717) is 24.3 Å². The SMILES string of the molecule is O=C1CC2(CCN(C(=O)CNS(=O)(=O)c3ccc(F)c(Cl)c3)C2)Oc2ccccc21. The molecular weight excluding hydrogens is 435 g/mol. The molecule has 1 amide bonds. The molecule has 2 aliphatic heterocycles. The van der Waals surface area contributed by atoms with Crippen molar-refractivity contribution in [2.75, 3.05) is 19.6 Å². The molecule has 1 unspecified atom stereocenters. The number of sulfonamides is 1. The number of nitrogens with zero attached hydrogens (tertiary/aromatic N) is 1. The van der Waals surface area contributed by atoms with Crippen LogP contribution in [0.3, 0.4) is 0 Å². The molecule has 0 bridgehead atoms. The van der Waals surface area contributed by atoms with Crippen molar-refractivity contribution in [3.05, 3.63) is 58.9 Å². The van der Waals surface area contributed by atoms with Crippen LogP contribution in [0.2, 0.25) is 5.02 Å². The summed E-state index contributed by atoms with van der Waals surface area (Å²) in [6, 6.07) is 9.96. The van der Waals surface area contributed by atoms with Gasteiger partial charge in [0.15, 0.2) is 5.78 Å². The Morgan fingerprint density at radius 1 is 1.27 bits per heavy atom. The van der Waals surface area contributed by atoms with Crippen molar-refractivity contribution < 1.29 is 27.1 Å². The van der Waals surface area contributed by atoms with Gasteiger partial charge in [-0.1, -0.05) is 23.7 Å². The van der Waals surface area contributed by atoms with E-state index in [1.807, 2.05) is 0 Å². The molecule has 1 fully saturated rings. The molecular formula is C20H18ClFN2O5S. The number of benzene rings is 2. The van der Waals surface area contributed by atoms with E-state index in [2.05, 4.69) is 4.72 Å². The molecule has 158 valence electrons. The molecule has 2 heterocycles. The highest BCUT2D eigenvalue weighted by Crippen LogP contribution is 2.38. The maximum atomic E-state index is 13.3. The van der Waals surface area contributed by atoms with E-state index in [4.69, 9.17) is 16.3 Å². The van der Waals surface area contributed by atoms with Crippen LogP contribution in [0, 0.1) is 5.82 Å². The minimum Gasteiger partial charge on any atom is -0.484 e. The second-order valence-electron chi connectivity index (χ2n) is 7.35. The van der Waals surface area contributed by atoms with E-state index in [-0.39, 0.29) is 28.7 Å². The molecule has 2 aromatic carbocycles. The summed E-state index contributed by atoms with van der Waals surface area (Å²) in [6.07, 6.45) is 0.632. The molecule has 0 saturated carbocycles. The van der Waals surface area contributed by atoms with E-state index >= 15 is 0 Å². The van der Waals surface area contributed by atoms with Gasteiger partial charge in [-0.25, -0.2) is 17.5 Å². The first-order valence-electron chi connectivity index (χ1n) is 9.23. The quantitative estimate of drug-likeness (QED) is 0.769. The summed E-state index contributed by atoms with van der Waals surface area (Å²) in [7, 11) is -4.04. The number of rotatable bonds is 4. The van der Waals surface area contributed by atoms with Crippen molar-refractivity contribution in [1.82, 2.24) is 9.62 Å². The molecule has 2 aromatic rings. The molecule has 2 aliphatic rings. The topological polar surface area (TPSA) is 92.8 Å². The number of hydrogen-bond donors (Lipinski definition) is 1. The van der Waals surface area contributed by atoms with Gasteiger partial charge in [-0.05, 0) is 30.3 Å². The Balaban J connectivity index is 1.41. The number of likely N-dealkylation sites (tertiary alicyclic amines) is 1. The third-order valence-corrected chi connectivity index (χ3v) is 6.97. The zero-order valence-corrected chi connectivity index (χ0v) is 17.3. The van der Waals surface area contributed by atoms with Gasteiger partial charge in [-0.3, -0.25) is 9.59 Å². The van der Waals surface area contributed by atoms with Crippen LogP contribution >= 0.6 is 11.6 Å². The molecule has 1 N–H and O–H groups in total. The third-order valence-electron chi connectivity index (χ3n) is 5.28. The number of nitrogens with one attached hydrogen (secondary N) is 1. The number of amides is 1. The van der Waals surface area contributed by atoms with E-state index in [9.17, 15) is 22.4 Å². The lowest BCUT2D eigenvalue weighted by Crippen LogP contribution is -2.46. The van der Waals surface area contributed by atoms with Crippen molar-refractivity contribution in [1.29, 1.82) is 0 Å². The molecule has 1 spiro atoms. The molecule has 7 nitrogen and oxygen atoms in total. The summed E-state index contributed by atoms with van der Waals surface area (Å²) < 4.78 is 46.2. The van der Waals surface area contributed by atoms with Crippen LogP contribution in [0.15, 0.2) is 47.4 Å². The number of ether oxygens (including phenoxy) is 1. The lowest BCUT2D eigenvalue weighted by atomic mass is 9.89. The first-order chi connectivity index (χ1) is 14.2. The minimum absolute atomic E-state index is 0.0416. The Hall–Kier alpha value is -2.49. The van der Waals surface area contributed by atoms with Gasteiger partial charge in [-0.2, -0.15) is 0 Å². The van der Waals surface area contributed by atoms with Crippen LogP contribution in [0.4, 0.5) is 4.39 Å². The standard InChI is InChI=1S/C20H18ClFN2O5S/c21-15-9-13(5-6-16(15)22)30(27,28)23-11-19(26)24-8-7-20(12-24)10-17(25)14-3-1-2-4-18(14)29-20/h1-6,9,23H,7-8,10-12H2. The van der Waals surface area contributed by atoms with E-state index in [1.165, 1.54) is 4.90 Å². The maximum Gasteiger partial charge on any atom is 0.241 e. The zero-order valence-electron chi connectivity index (χ0n) is 15.7. The van der Waals surface area contributed by atoms with Crippen LogP contribution < -0.4 is 9.46 Å². The highest BCUT2D eigenvalue weighted by molar-refractivity contribution is 7.89. The summed E-state index contributed by atoms with van der Waals surface area (Å²) in [5.74, 6) is -0.729. The van der Waals surface area contributed by atoms with Gasteiger partial charge in [0, 0.05) is 13.0 Å². The number of carbonyl (C=O) groups excluding carboxylic acids is 2. The van der Waals surface area contributed by atoms with Crippen molar-refractivity contribution in [2.24, 2.45) is 0 Å². The Kier molecular flexibility index (Phi) is 5.29. The van der Waals surface area contributed by atoms with Crippen molar-refractivity contribution >= 4 is 33.3 Å². The van der Waals surface area contributed by atoms with Crippen LogP contribution in [0.1, 0.15) is 23.2 Å². The normalized spacial score (nSPS) is 20.9. The van der Waals surface area contributed by atoms with Crippen LogP contribution in [0.5, 0.6) is 5.75 Å². The zero-order chi connectivity index (χ0) is 21.5. The second-order valence-corrected chi connectivity index (χ2v) is 9.52. The van der Waals surface area contributed by atoms with Gasteiger partial charge in [0.2, 0.25) is 15.9 Å². The van der Waals surface area contributed by atoms with E-state index < -0.39 is 33.9 Å². The lowest BCUT2D eigenvalue weighted by Gasteiger charge is -2.34. The number of halogens is 2. The number of carbonyl (C=O) groups is 2.